The third-order valence-electron chi connectivity index (χ3n) is 2.24. The summed E-state index contributed by atoms with van der Waals surface area (Å²) in [6.45, 7) is 4.57. The van der Waals surface area contributed by atoms with E-state index in [2.05, 4.69) is 11.3 Å². The van der Waals surface area contributed by atoms with Gasteiger partial charge in [0.1, 0.15) is 0 Å². The molecule has 1 aliphatic rings. The van der Waals surface area contributed by atoms with Gasteiger partial charge in [0.05, 0.1) is 20.3 Å². The highest BCUT2D eigenvalue weighted by molar-refractivity contribution is 5.85. The van der Waals surface area contributed by atoms with Crippen LogP contribution >= 0.6 is 0 Å². The lowest BCUT2D eigenvalue weighted by atomic mass is 10.2. The molecular formula is C10H15NO4. The molecule has 1 fully saturated rings. The molecule has 15 heavy (non-hydrogen) atoms. The van der Waals surface area contributed by atoms with Gasteiger partial charge in [-0.15, -0.1) is 6.58 Å². The van der Waals surface area contributed by atoms with Crippen LogP contribution in [-0.4, -0.2) is 49.7 Å². The van der Waals surface area contributed by atoms with Crippen LogP contribution in [0.3, 0.4) is 0 Å². The van der Waals surface area contributed by atoms with Crippen LogP contribution < -0.4 is 0 Å². The summed E-state index contributed by atoms with van der Waals surface area (Å²) in [6.07, 6.45) is 1.75. The molecule has 84 valence electrons. The molecule has 0 aromatic rings. The normalized spacial score (nSPS) is 20.9. The summed E-state index contributed by atoms with van der Waals surface area (Å²) in [5.74, 6) is -0.559. The summed E-state index contributed by atoms with van der Waals surface area (Å²) in [5.41, 5.74) is 0. The molecule has 1 rings (SSSR count). The van der Waals surface area contributed by atoms with Crippen molar-refractivity contribution < 1.29 is 19.1 Å². The van der Waals surface area contributed by atoms with Gasteiger partial charge in [-0.25, -0.2) is 4.79 Å². The minimum Gasteiger partial charge on any atom is -0.467 e. The number of nitrogens with zero attached hydrogens (tertiary/aromatic N) is 1. The summed E-state index contributed by atoms with van der Waals surface area (Å²) in [7, 11) is 1.30. The maximum atomic E-state index is 11.6. The average molecular weight is 213 g/mol. The minimum absolute atomic E-state index is 0.122. The zero-order valence-electron chi connectivity index (χ0n) is 8.77. The molecule has 1 amide bonds. The maximum absolute atomic E-state index is 11.6. The zero-order chi connectivity index (χ0) is 11.3. The number of carbonyl (C=O) groups is 2. The van der Waals surface area contributed by atoms with Gasteiger partial charge in [-0.1, -0.05) is 6.08 Å². The second-order valence-corrected chi connectivity index (χ2v) is 3.19. The Hall–Kier alpha value is -1.36. The van der Waals surface area contributed by atoms with Gasteiger partial charge < -0.3 is 14.4 Å². The Morgan fingerprint density at radius 2 is 2.40 bits per heavy atom. The summed E-state index contributed by atoms with van der Waals surface area (Å²) in [6, 6.07) is -0.615. The molecule has 5 heteroatoms. The monoisotopic (exact) mass is 213 g/mol. The van der Waals surface area contributed by atoms with E-state index in [-0.39, 0.29) is 18.9 Å². The Balaban J connectivity index is 2.68. The van der Waals surface area contributed by atoms with E-state index in [0.29, 0.717) is 13.2 Å². The van der Waals surface area contributed by atoms with Crippen molar-refractivity contribution in [2.45, 2.75) is 12.5 Å². The number of hydrogen-bond acceptors (Lipinski definition) is 4. The summed E-state index contributed by atoms with van der Waals surface area (Å²) < 4.78 is 9.75. The number of carbonyl (C=O) groups excluding carboxylic acids is 2. The molecule has 0 bridgehead atoms. The van der Waals surface area contributed by atoms with Crippen LogP contribution in [0.4, 0.5) is 0 Å². The Bertz CT molecular complexity index is 264. The largest absolute Gasteiger partial charge is 0.467 e. The first-order chi connectivity index (χ1) is 7.20. The van der Waals surface area contributed by atoms with Gasteiger partial charge in [0.15, 0.2) is 6.04 Å². The zero-order valence-corrected chi connectivity index (χ0v) is 8.77. The lowest BCUT2D eigenvalue weighted by Gasteiger charge is -2.33. The SMILES string of the molecule is C=CCC(=O)N1CCOCC1C(=O)OC. The Morgan fingerprint density at radius 1 is 1.67 bits per heavy atom. The van der Waals surface area contributed by atoms with Crippen molar-refractivity contribution in [3.8, 4) is 0 Å². The Kier molecular flexibility index (Phi) is 4.30. The molecule has 0 saturated carbocycles. The van der Waals surface area contributed by atoms with Crippen molar-refractivity contribution >= 4 is 11.9 Å². The molecule has 1 aliphatic heterocycles. The number of methoxy groups -OCH3 is 1. The van der Waals surface area contributed by atoms with Crippen LogP contribution in [0.1, 0.15) is 6.42 Å². The fourth-order valence-electron chi connectivity index (χ4n) is 1.47. The Labute approximate surface area is 88.6 Å². The van der Waals surface area contributed by atoms with Gasteiger partial charge in [-0.2, -0.15) is 0 Å². The topological polar surface area (TPSA) is 55.8 Å². The lowest BCUT2D eigenvalue weighted by Crippen LogP contribution is -2.52. The number of amides is 1. The van der Waals surface area contributed by atoms with E-state index >= 15 is 0 Å². The fourth-order valence-corrected chi connectivity index (χ4v) is 1.47. The van der Waals surface area contributed by atoms with E-state index < -0.39 is 12.0 Å². The number of morpholine rings is 1. The lowest BCUT2D eigenvalue weighted by molar-refractivity contribution is -0.160. The predicted molar refractivity (Wildman–Crippen MR) is 53.2 cm³/mol. The van der Waals surface area contributed by atoms with Crippen molar-refractivity contribution in [2.24, 2.45) is 0 Å². The summed E-state index contributed by atoms with van der Waals surface area (Å²) >= 11 is 0. The predicted octanol–water partition coefficient (Wildman–Crippen LogP) is -0.0371. The van der Waals surface area contributed by atoms with Crippen LogP contribution in [0.2, 0.25) is 0 Å². The fraction of sp³-hybridized carbons (Fsp3) is 0.600. The smallest absolute Gasteiger partial charge is 0.331 e. The second kappa shape index (κ2) is 5.50. The first-order valence-electron chi connectivity index (χ1n) is 4.76. The van der Waals surface area contributed by atoms with E-state index in [1.165, 1.54) is 18.1 Å². The van der Waals surface area contributed by atoms with Crippen molar-refractivity contribution in [3.05, 3.63) is 12.7 Å². The number of rotatable bonds is 3. The Morgan fingerprint density at radius 3 is 3.00 bits per heavy atom. The van der Waals surface area contributed by atoms with Crippen LogP contribution in [0.25, 0.3) is 0 Å². The number of hydrogen-bond donors (Lipinski definition) is 0. The van der Waals surface area contributed by atoms with E-state index in [9.17, 15) is 9.59 Å². The van der Waals surface area contributed by atoms with E-state index in [1.54, 1.807) is 0 Å². The minimum atomic E-state index is -0.615. The highest BCUT2D eigenvalue weighted by Crippen LogP contribution is 2.10. The molecule has 1 saturated heterocycles. The third kappa shape index (κ3) is 2.79. The molecule has 1 heterocycles. The molecule has 0 aromatic heterocycles. The van der Waals surface area contributed by atoms with Crippen molar-refractivity contribution in [1.29, 1.82) is 0 Å². The first-order valence-corrected chi connectivity index (χ1v) is 4.76. The van der Waals surface area contributed by atoms with Crippen molar-refractivity contribution in [2.75, 3.05) is 26.9 Å². The van der Waals surface area contributed by atoms with E-state index in [1.807, 2.05) is 0 Å². The van der Waals surface area contributed by atoms with Crippen LogP contribution in [0.5, 0.6) is 0 Å². The molecular weight excluding hydrogens is 198 g/mol. The highest BCUT2D eigenvalue weighted by Gasteiger charge is 2.32. The van der Waals surface area contributed by atoms with E-state index in [0.717, 1.165) is 0 Å². The van der Waals surface area contributed by atoms with Crippen LogP contribution in [0.15, 0.2) is 12.7 Å². The van der Waals surface area contributed by atoms with Crippen LogP contribution in [0, 0.1) is 0 Å². The van der Waals surface area contributed by atoms with Crippen molar-refractivity contribution in [3.63, 3.8) is 0 Å². The van der Waals surface area contributed by atoms with E-state index in [4.69, 9.17) is 4.74 Å². The van der Waals surface area contributed by atoms with Crippen LogP contribution in [-0.2, 0) is 19.1 Å². The molecule has 1 unspecified atom stereocenters. The van der Waals surface area contributed by atoms with Gasteiger partial charge in [-0.05, 0) is 0 Å². The second-order valence-electron chi connectivity index (χ2n) is 3.19. The first kappa shape index (κ1) is 11.7. The molecule has 0 aliphatic carbocycles. The highest BCUT2D eigenvalue weighted by atomic mass is 16.5. The molecule has 5 nitrogen and oxygen atoms in total. The van der Waals surface area contributed by atoms with Gasteiger partial charge >= 0.3 is 5.97 Å². The van der Waals surface area contributed by atoms with Gasteiger partial charge in [0, 0.05) is 13.0 Å². The molecule has 0 aromatic carbocycles. The summed E-state index contributed by atoms with van der Waals surface area (Å²) in [4.78, 5) is 24.5. The average Bonchev–Trinajstić information content (AvgIpc) is 2.28. The molecule has 0 N–H and O–H groups in total. The quantitative estimate of drug-likeness (QED) is 0.487. The number of esters is 1. The molecule has 0 spiro atoms. The number of ether oxygens (including phenoxy) is 2. The summed E-state index contributed by atoms with van der Waals surface area (Å²) in [5, 5.41) is 0. The van der Waals surface area contributed by atoms with Gasteiger partial charge in [0.25, 0.3) is 0 Å². The standard InChI is InChI=1S/C10H15NO4/c1-3-4-9(12)11-5-6-15-7-8(11)10(13)14-2/h3,8H,1,4-7H2,2H3. The molecule has 0 radical (unpaired) electrons. The van der Waals surface area contributed by atoms with Crippen molar-refractivity contribution in [1.82, 2.24) is 4.90 Å². The maximum Gasteiger partial charge on any atom is 0.331 e. The third-order valence-corrected chi connectivity index (χ3v) is 2.24. The van der Waals surface area contributed by atoms with Gasteiger partial charge in [0.2, 0.25) is 5.91 Å². The van der Waals surface area contributed by atoms with Gasteiger partial charge in [-0.3, -0.25) is 4.79 Å². The molecule has 1 atom stereocenters.